The lowest BCUT2D eigenvalue weighted by Gasteiger charge is -2.08. The van der Waals surface area contributed by atoms with Gasteiger partial charge in [0, 0.05) is 11.1 Å². The first-order valence-corrected chi connectivity index (χ1v) is 6.26. The highest BCUT2D eigenvalue weighted by Gasteiger charge is 2.14. The summed E-state index contributed by atoms with van der Waals surface area (Å²) in [6.45, 7) is 0. The quantitative estimate of drug-likeness (QED) is 0.561. The Kier molecular flexibility index (Phi) is 4.29. The van der Waals surface area contributed by atoms with Crippen LogP contribution < -0.4 is 0 Å². The van der Waals surface area contributed by atoms with E-state index >= 15 is 0 Å². The molecule has 0 aliphatic carbocycles. The van der Waals surface area contributed by atoms with Gasteiger partial charge in [0.2, 0.25) is 0 Å². The lowest BCUT2D eigenvalue weighted by Crippen LogP contribution is -1.90. The van der Waals surface area contributed by atoms with Crippen molar-refractivity contribution in [3.63, 3.8) is 0 Å². The summed E-state index contributed by atoms with van der Waals surface area (Å²) < 4.78 is 38.7. The van der Waals surface area contributed by atoms with Crippen LogP contribution in [0.5, 0.6) is 0 Å². The summed E-state index contributed by atoms with van der Waals surface area (Å²) in [6.07, 6.45) is -2.72. The zero-order valence-corrected chi connectivity index (χ0v) is 11.5. The zero-order chi connectivity index (χ0) is 14.2. The Morgan fingerprint density at radius 2 is 1.47 bits per heavy atom. The largest absolute Gasteiger partial charge is 0.263 e. The first-order valence-electron chi connectivity index (χ1n) is 5.12. The molecule has 0 aromatic heterocycles. The maximum atomic E-state index is 13.8. The maximum Gasteiger partial charge on any atom is 0.263 e. The van der Waals surface area contributed by atoms with Crippen molar-refractivity contribution in [3.05, 3.63) is 56.8 Å². The molecule has 2 rings (SSSR count). The molecule has 0 bridgehead atoms. The monoisotopic (exact) mass is 324 g/mol. The van der Waals surface area contributed by atoms with Gasteiger partial charge in [-0.15, -0.1) is 0 Å². The third kappa shape index (κ3) is 2.99. The van der Waals surface area contributed by atoms with Gasteiger partial charge in [-0.05, 0) is 23.8 Å². The molecule has 2 aromatic carbocycles. The van der Waals surface area contributed by atoms with E-state index in [4.69, 9.17) is 34.8 Å². The van der Waals surface area contributed by atoms with Crippen LogP contribution in [0, 0.1) is 5.82 Å². The van der Waals surface area contributed by atoms with Crippen molar-refractivity contribution in [2.24, 2.45) is 0 Å². The summed E-state index contributed by atoms with van der Waals surface area (Å²) in [5.41, 5.74) is 0.120. The molecule has 0 saturated heterocycles. The van der Waals surface area contributed by atoms with Crippen molar-refractivity contribution < 1.29 is 13.2 Å². The fraction of sp³-hybridized carbons (Fsp3) is 0.0769. The first kappa shape index (κ1) is 14.5. The van der Waals surface area contributed by atoms with E-state index in [9.17, 15) is 13.2 Å². The molecule has 0 amide bonds. The standard InChI is InChI=1S/C13H6Cl3F3/c14-9-3-7(4-10(15)12(9)16)8-2-1-6(13(18)19)5-11(8)17/h1-5,13H. The van der Waals surface area contributed by atoms with Crippen LogP contribution in [0.4, 0.5) is 13.2 Å². The molecule has 0 heterocycles. The van der Waals surface area contributed by atoms with Crippen LogP contribution in [0.15, 0.2) is 30.3 Å². The summed E-state index contributed by atoms with van der Waals surface area (Å²) >= 11 is 17.5. The molecule has 0 spiro atoms. The SMILES string of the molecule is Fc1cc(C(F)F)ccc1-c1cc(Cl)c(Cl)c(Cl)c1. The van der Waals surface area contributed by atoms with E-state index < -0.39 is 12.2 Å². The minimum Gasteiger partial charge on any atom is -0.206 e. The third-order valence-corrected chi connectivity index (χ3v) is 3.74. The van der Waals surface area contributed by atoms with Gasteiger partial charge in [0.15, 0.2) is 0 Å². The van der Waals surface area contributed by atoms with E-state index in [2.05, 4.69) is 0 Å². The third-order valence-electron chi connectivity index (χ3n) is 2.54. The van der Waals surface area contributed by atoms with Crippen LogP contribution in [0.1, 0.15) is 12.0 Å². The number of benzene rings is 2. The Balaban J connectivity index is 2.53. The number of halogens is 6. The van der Waals surface area contributed by atoms with Crippen LogP contribution >= 0.6 is 34.8 Å². The second-order valence-electron chi connectivity index (χ2n) is 3.79. The van der Waals surface area contributed by atoms with Gasteiger partial charge >= 0.3 is 0 Å². The number of alkyl halides is 2. The summed E-state index contributed by atoms with van der Waals surface area (Å²) in [5.74, 6) is -0.771. The molecule has 0 atom stereocenters. The Bertz CT molecular complexity index is 604. The minimum absolute atomic E-state index is 0.130. The van der Waals surface area contributed by atoms with Gasteiger partial charge in [0.05, 0.1) is 15.1 Å². The normalized spacial score (nSPS) is 11.1. The Labute approximate surface area is 122 Å². The van der Waals surface area contributed by atoms with Crippen LogP contribution in [-0.4, -0.2) is 0 Å². The lowest BCUT2D eigenvalue weighted by molar-refractivity contribution is 0.151. The Morgan fingerprint density at radius 1 is 0.895 bits per heavy atom. The lowest BCUT2D eigenvalue weighted by atomic mass is 10.0. The summed E-state index contributed by atoms with van der Waals surface area (Å²) in [5, 5.41) is 0.500. The van der Waals surface area contributed by atoms with Crippen molar-refractivity contribution in [2.75, 3.05) is 0 Å². The van der Waals surface area contributed by atoms with Crippen LogP contribution in [0.2, 0.25) is 15.1 Å². The predicted molar refractivity (Wildman–Crippen MR) is 71.8 cm³/mol. The highest BCUT2D eigenvalue weighted by atomic mass is 35.5. The van der Waals surface area contributed by atoms with Gasteiger partial charge < -0.3 is 0 Å². The molecule has 0 nitrogen and oxygen atoms in total. The van der Waals surface area contributed by atoms with E-state index in [0.717, 1.165) is 12.1 Å². The molecule has 0 unspecified atom stereocenters. The van der Waals surface area contributed by atoms with E-state index in [1.165, 1.54) is 18.2 Å². The van der Waals surface area contributed by atoms with Crippen LogP contribution in [-0.2, 0) is 0 Å². The average Bonchev–Trinajstić information content (AvgIpc) is 2.35. The maximum absolute atomic E-state index is 13.8. The molecule has 0 fully saturated rings. The molecule has 0 aliphatic heterocycles. The predicted octanol–water partition coefficient (Wildman–Crippen LogP) is 6.39. The number of hydrogen-bond donors (Lipinski definition) is 0. The molecule has 100 valence electrons. The summed E-state index contributed by atoms with van der Waals surface area (Å²) in [7, 11) is 0. The van der Waals surface area contributed by atoms with Gasteiger partial charge in [0.25, 0.3) is 6.43 Å². The molecule has 2 aromatic rings. The van der Waals surface area contributed by atoms with Gasteiger partial charge in [-0.1, -0.05) is 46.9 Å². The van der Waals surface area contributed by atoms with Crippen molar-refractivity contribution in [1.82, 2.24) is 0 Å². The highest BCUT2D eigenvalue weighted by molar-refractivity contribution is 6.48. The van der Waals surface area contributed by atoms with E-state index in [-0.39, 0.29) is 26.2 Å². The van der Waals surface area contributed by atoms with Crippen molar-refractivity contribution in [1.29, 1.82) is 0 Å². The van der Waals surface area contributed by atoms with E-state index in [0.29, 0.717) is 5.56 Å². The van der Waals surface area contributed by atoms with E-state index in [1.807, 2.05) is 0 Å². The summed E-state index contributed by atoms with van der Waals surface area (Å²) in [4.78, 5) is 0. The molecule has 0 aliphatic rings. The van der Waals surface area contributed by atoms with Crippen LogP contribution in [0.25, 0.3) is 11.1 Å². The fourth-order valence-corrected chi connectivity index (χ4v) is 2.21. The molecular formula is C13H6Cl3F3. The van der Waals surface area contributed by atoms with Crippen molar-refractivity contribution >= 4 is 34.8 Å². The average molecular weight is 326 g/mol. The van der Waals surface area contributed by atoms with Gasteiger partial charge in [-0.3, -0.25) is 0 Å². The Hall–Kier alpha value is -0.900. The number of hydrogen-bond acceptors (Lipinski definition) is 0. The fourth-order valence-electron chi connectivity index (χ4n) is 1.61. The summed E-state index contributed by atoms with van der Waals surface area (Å²) in [6, 6.07) is 6.05. The first-order chi connectivity index (χ1) is 8.90. The van der Waals surface area contributed by atoms with E-state index in [1.54, 1.807) is 0 Å². The molecular weight excluding hydrogens is 319 g/mol. The topological polar surface area (TPSA) is 0 Å². The number of rotatable bonds is 2. The second-order valence-corrected chi connectivity index (χ2v) is 4.99. The van der Waals surface area contributed by atoms with Crippen LogP contribution in [0.3, 0.4) is 0 Å². The molecule has 0 saturated carbocycles. The smallest absolute Gasteiger partial charge is 0.206 e. The molecule has 6 heteroatoms. The molecule has 19 heavy (non-hydrogen) atoms. The Morgan fingerprint density at radius 3 is 1.95 bits per heavy atom. The molecule has 0 radical (unpaired) electrons. The van der Waals surface area contributed by atoms with Gasteiger partial charge in [-0.2, -0.15) is 0 Å². The van der Waals surface area contributed by atoms with Gasteiger partial charge in [-0.25, -0.2) is 13.2 Å². The van der Waals surface area contributed by atoms with Crippen molar-refractivity contribution in [3.8, 4) is 11.1 Å². The van der Waals surface area contributed by atoms with Crippen molar-refractivity contribution in [2.45, 2.75) is 6.43 Å². The molecule has 0 N–H and O–H groups in total. The second kappa shape index (κ2) is 5.61. The minimum atomic E-state index is -2.72. The highest BCUT2D eigenvalue weighted by Crippen LogP contribution is 2.36. The van der Waals surface area contributed by atoms with Gasteiger partial charge in [0.1, 0.15) is 5.82 Å². The zero-order valence-electron chi connectivity index (χ0n) is 9.23.